The molecule has 0 aliphatic rings. The molecule has 2 aromatic rings. The van der Waals surface area contributed by atoms with Crippen LogP contribution in [-0.2, 0) is 17.8 Å². The number of carbonyl (C=O) groups is 2. The number of amides is 1. The van der Waals surface area contributed by atoms with Crippen LogP contribution in [0.3, 0.4) is 0 Å². The van der Waals surface area contributed by atoms with E-state index in [1.165, 1.54) is 37.5 Å². The Hall–Kier alpha value is -2.83. The van der Waals surface area contributed by atoms with Gasteiger partial charge in [0.1, 0.15) is 0 Å². The molecular formula is C16H14F2N2O3. The Morgan fingerprint density at radius 2 is 1.83 bits per heavy atom. The summed E-state index contributed by atoms with van der Waals surface area (Å²) < 4.78 is 28.1. The predicted octanol–water partition coefficient (Wildman–Crippen LogP) is 2.28. The average molecular weight is 320 g/mol. The van der Waals surface area contributed by atoms with Gasteiger partial charge in [0, 0.05) is 37.8 Å². The molecule has 120 valence electrons. The number of benzene rings is 1. The highest BCUT2D eigenvalue weighted by Crippen LogP contribution is 2.19. The summed E-state index contributed by atoms with van der Waals surface area (Å²) >= 11 is 0. The van der Waals surface area contributed by atoms with E-state index in [0.717, 1.165) is 0 Å². The Morgan fingerprint density at radius 3 is 2.48 bits per heavy atom. The molecule has 0 bridgehead atoms. The third-order valence-corrected chi connectivity index (χ3v) is 3.21. The van der Waals surface area contributed by atoms with Crippen molar-refractivity contribution in [1.29, 1.82) is 0 Å². The quantitative estimate of drug-likeness (QED) is 0.886. The number of pyridine rings is 1. The Balaban J connectivity index is 2.24. The molecule has 1 aromatic heterocycles. The highest BCUT2D eigenvalue weighted by atomic mass is 19.2. The van der Waals surface area contributed by atoms with Gasteiger partial charge >= 0.3 is 5.97 Å². The lowest BCUT2D eigenvalue weighted by atomic mass is 10.0. The molecule has 7 heteroatoms. The van der Waals surface area contributed by atoms with Gasteiger partial charge in [-0.1, -0.05) is 12.1 Å². The third-order valence-electron chi connectivity index (χ3n) is 3.21. The molecule has 0 saturated carbocycles. The van der Waals surface area contributed by atoms with E-state index in [1.807, 2.05) is 0 Å². The molecule has 0 unspecified atom stereocenters. The lowest BCUT2D eigenvalue weighted by Crippen LogP contribution is -2.20. The van der Waals surface area contributed by atoms with Crippen molar-refractivity contribution in [2.24, 2.45) is 0 Å². The molecule has 0 aliphatic carbocycles. The number of nitrogens with one attached hydrogen (secondary N) is 1. The summed E-state index contributed by atoms with van der Waals surface area (Å²) in [4.78, 5) is 25.5. The van der Waals surface area contributed by atoms with Crippen LogP contribution in [0.5, 0.6) is 0 Å². The van der Waals surface area contributed by atoms with Gasteiger partial charge in [0.2, 0.25) is 5.91 Å². The normalized spacial score (nSPS) is 10.4. The molecule has 0 fully saturated rings. The minimum atomic E-state index is -1.14. The van der Waals surface area contributed by atoms with Crippen LogP contribution < -0.4 is 5.32 Å². The average Bonchev–Trinajstić information content (AvgIpc) is 2.51. The van der Waals surface area contributed by atoms with Crippen LogP contribution in [0.2, 0.25) is 0 Å². The maximum atomic E-state index is 14.1. The Kier molecular flexibility index (Phi) is 5.00. The van der Waals surface area contributed by atoms with Gasteiger partial charge in [0.15, 0.2) is 11.6 Å². The molecule has 2 N–H and O–H groups in total. The second-order valence-electron chi connectivity index (χ2n) is 4.99. The number of carbonyl (C=O) groups excluding carboxylic acids is 1. The van der Waals surface area contributed by atoms with Crippen LogP contribution >= 0.6 is 0 Å². The monoisotopic (exact) mass is 320 g/mol. The number of carboxylic acids is 1. The second-order valence-corrected chi connectivity index (χ2v) is 4.99. The Morgan fingerprint density at radius 1 is 1.17 bits per heavy atom. The van der Waals surface area contributed by atoms with Gasteiger partial charge in [0.05, 0.1) is 5.56 Å². The number of carboxylic acid groups (broad SMARTS) is 1. The van der Waals surface area contributed by atoms with Crippen molar-refractivity contribution in [2.45, 2.75) is 19.9 Å². The number of halogens is 2. The zero-order valence-corrected chi connectivity index (χ0v) is 12.3. The number of hydrogen-bond acceptors (Lipinski definition) is 3. The third kappa shape index (κ3) is 4.09. The first-order valence-electron chi connectivity index (χ1n) is 6.76. The fraction of sp³-hybridized carbons (Fsp3) is 0.188. The topological polar surface area (TPSA) is 79.3 Å². The maximum Gasteiger partial charge on any atom is 0.337 e. The summed E-state index contributed by atoms with van der Waals surface area (Å²) in [5.41, 5.74) is 0.556. The van der Waals surface area contributed by atoms with E-state index in [0.29, 0.717) is 5.56 Å². The summed E-state index contributed by atoms with van der Waals surface area (Å²) in [7, 11) is 0. The van der Waals surface area contributed by atoms with E-state index in [-0.39, 0.29) is 35.6 Å². The molecule has 23 heavy (non-hydrogen) atoms. The smallest absolute Gasteiger partial charge is 0.337 e. The highest BCUT2D eigenvalue weighted by molar-refractivity contribution is 5.87. The number of nitrogens with zero attached hydrogens (tertiary/aromatic N) is 1. The summed E-state index contributed by atoms with van der Waals surface area (Å²) in [5.74, 6) is -3.53. The van der Waals surface area contributed by atoms with Crippen LogP contribution in [0.4, 0.5) is 8.78 Å². The van der Waals surface area contributed by atoms with Gasteiger partial charge in [-0.25, -0.2) is 13.6 Å². The number of hydrogen-bond donors (Lipinski definition) is 2. The van der Waals surface area contributed by atoms with Crippen LogP contribution in [0, 0.1) is 11.6 Å². The molecule has 0 saturated heterocycles. The summed E-state index contributed by atoms with van der Waals surface area (Å²) in [5, 5.41) is 11.3. The van der Waals surface area contributed by atoms with Crippen LogP contribution in [0.1, 0.15) is 34.0 Å². The van der Waals surface area contributed by atoms with E-state index in [4.69, 9.17) is 5.11 Å². The minimum Gasteiger partial charge on any atom is -0.478 e. The van der Waals surface area contributed by atoms with Crippen LogP contribution in [0.25, 0.3) is 0 Å². The fourth-order valence-corrected chi connectivity index (χ4v) is 2.04. The van der Waals surface area contributed by atoms with Crippen LogP contribution in [0.15, 0.2) is 30.6 Å². The first-order chi connectivity index (χ1) is 10.9. The summed E-state index contributed by atoms with van der Waals surface area (Å²) in [6.07, 6.45) is 2.59. The molecule has 0 spiro atoms. The number of aromatic nitrogens is 1. The maximum absolute atomic E-state index is 14.1. The first-order valence-corrected chi connectivity index (χ1v) is 6.76. The Bertz CT molecular complexity index is 763. The first kappa shape index (κ1) is 16.5. The fourth-order valence-electron chi connectivity index (χ4n) is 2.04. The molecular weight excluding hydrogens is 306 g/mol. The van der Waals surface area contributed by atoms with Gasteiger partial charge in [-0.15, -0.1) is 0 Å². The largest absolute Gasteiger partial charge is 0.478 e. The van der Waals surface area contributed by atoms with Gasteiger partial charge < -0.3 is 10.4 Å². The van der Waals surface area contributed by atoms with Gasteiger partial charge in [0.25, 0.3) is 0 Å². The van der Waals surface area contributed by atoms with Gasteiger partial charge in [-0.3, -0.25) is 9.78 Å². The molecule has 2 rings (SSSR count). The minimum absolute atomic E-state index is 0.0112. The molecule has 0 atom stereocenters. The zero-order chi connectivity index (χ0) is 17.0. The highest BCUT2D eigenvalue weighted by Gasteiger charge is 2.14. The molecule has 1 heterocycles. The van der Waals surface area contributed by atoms with Gasteiger partial charge in [-0.2, -0.15) is 0 Å². The molecule has 0 aliphatic heterocycles. The van der Waals surface area contributed by atoms with Crippen molar-refractivity contribution in [1.82, 2.24) is 10.3 Å². The van der Waals surface area contributed by atoms with Crippen molar-refractivity contribution < 1.29 is 23.5 Å². The van der Waals surface area contributed by atoms with Crippen LogP contribution in [-0.4, -0.2) is 22.0 Å². The predicted molar refractivity (Wildman–Crippen MR) is 77.9 cm³/mol. The summed E-state index contributed by atoms with van der Waals surface area (Å²) in [6.45, 7) is 1.18. The standard InChI is InChI=1S/C16H14F2N2O3/c1-9(21)20-8-12-3-2-11(14(17)15(12)18)4-10-5-13(16(22)23)7-19-6-10/h2-3,5-7H,4,8H2,1H3,(H,20,21)(H,22,23). The van der Waals surface area contributed by atoms with Gasteiger partial charge in [-0.05, 0) is 17.2 Å². The van der Waals surface area contributed by atoms with Crippen molar-refractivity contribution in [3.8, 4) is 0 Å². The van der Waals surface area contributed by atoms with E-state index >= 15 is 0 Å². The number of aromatic carboxylic acids is 1. The molecule has 1 amide bonds. The zero-order valence-electron chi connectivity index (χ0n) is 12.3. The lowest BCUT2D eigenvalue weighted by Gasteiger charge is -2.09. The second kappa shape index (κ2) is 6.95. The Labute approximate surface area is 131 Å². The number of rotatable bonds is 5. The van der Waals surface area contributed by atoms with E-state index in [9.17, 15) is 18.4 Å². The van der Waals surface area contributed by atoms with Crippen molar-refractivity contribution in [2.75, 3.05) is 0 Å². The molecule has 5 nitrogen and oxygen atoms in total. The van der Waals surface area contributed by atoms with E-state index in [1.54, 1.807) is 0 Å². The van der Waals surface area contributed by atoms with Crippen molar-refractivity contribution in [3.05, 3.63) is 64.5 Å². The summed E-state index contributed by atoms with van der Waals surface area (Å²) in [6, 6.07) is 4.15. The molecule has 1 aromatic carbocycles. The van der Waals surface area contributed by atoms with E-state index < -0.39 is 17.6 Å². The molecule has 0 radical (unpaired) electrons. The van der Waals surface area contributed by atoms with Crippen molar-refractivity contribution in [3.63, 3.8) is 0 Å². The lowest BCUT2D eigenvalue weighted by molar-refractivity contribution is -0.119. The van der Waals surface area contributed by atoms with Crippen molar-refractivity contribution >= 4 is 11.9 Å². The van der Waals surface area contributed by atoms with E-state index in [2.05, 4.69) is 10.3 Å². The SMILES string of the molecule is CC(=O)NCc1ccc(Cc2cncc(C(=O)O)c2)c(F)c1F.